The van der Waals surface area contributed by atoms with E-state index in [1.807, 2.05) is 52.0 Å². The summed E-state index contributed by atoms with van der Waals surface area (Å²) in [6, 6.07) is 7.75. The minimum absolute atomic E-state index is 0.0309. The van der Waals surface area contributed by atoms with Crippen LogP contribution in [-0.2, 0) is 20.9 Å². The molecule has 122 valence electrons. The number of carbonyl (C=O) groups is 2. The summed E-state index contributed by atoms with van der Waals surface area (Å²) in [7, 11) is 0. The van der Waals surface area contributed by atoms with Crippen molar-refractivity contribution in [2.24, 2.45) is 0 Å². The number of benzene rings is 1. The second kappa shape index (κ2) is 6.28. The summed E-state index contributed by atoms with van der Waals surface area (Å²) in [6.45, 7) is 7.45. The predicted molar refractivity (Wildman–Crippen MR) is 89.2 cm³/mol. The topological polar surface area (TPSA) is 68.5 Å². The highest BCUT2D eigenvalue weighted by molar-refractivity contribution is 5.89. The summed E-state index contributed by atoms with van der Waals surface area (Å²) in [4.78, 5) is 22.9. The van der Waals surface area contributed by atoms with Gasteiger partial charge in [-0.3, -0.25) is 4.79 Å². The minimum Gasteiger partial charge on any atom is -0.478 e. The van der Waals surface area contributed by atoms with Gasteiger partial charge in [-0.25, -0.2) is 4.79 Å². The lowest BCUT2D eigenvalue weighted by atomic mass is 10.2. The Bertz CT molecular complexity index is 778. The number of aryl methyl sites for hydroxylation is 1. The Kier molecular flexibility index (Phi) is 4.59. The number of hydrogen-bond acceptors (Lipinski definition) is 3. The molecule has 0 aliphatic carbocycles. The number of hydrogen-bond donors (Lipinski definition) is 1. The van der Waals surface area contributed by atoms with Crippen LogP contribution in [0.4, 0.5) is 0 Å². The van der Waals surface area contributed by atoms with Crippen LogP contribution in [0.15, 0.2) is 30.3 Å². The quantitative estimate of drug-likeness (QED) is 0.693. The highest BCUT2D eigenvalue weighted by Gasteiger charge is 2.18. The van der Waals surface area contributed by atoms with E-state index in [4.69, 9.17) is 9.84 Å². The van der Waals surface area contributed by atoms with Crippen LogP contribution in [0.2, 0.25) is 0 Å². The Morgan fingerprint density at radius 2 is 1.96 bits per heavy atom. The van der Waals surface area contributed by atoms with Crippen LogP contribution >= 0.6 is 0 Å². The maximum absolute atomic E-state index is 12.1. The molecule has 2 rings (SSSR count). The fourth-order valence-corrected chi connectivity index (χ4v) is 2.39. The second-order valence-electron chi connectivity index (χ2n) is 6.48. The second-order valence-corrected chi connectivity index (χ2v) is 6.48. The van der Waals surface area contributed by atoms with Gasteiger partial charge in [0.1, 0.15) is 12.1 Å². The molecule has 5 nitrogen and oxygen atoms in total. The van der Waals surface area contributed by atoms with Crippen LogP contribution in [0.25, 0.3) is 17.0 Å². The van der Waals surface area contributed by atoms with Gasteiger partial charge in [-0.1, -0.05) is 11.6 Å². The molecule has 1 aromatic heterocycles. The summed E-state index contributed by atoms with van der Waals surface area (Å²) in [5.74, 6) is -1.39. The van der Waals surface area contributed by atoms with Gasteiger partial charge in [0.15, 0.2) is 0 Å². The van der Waals surface area contributed by atoms with Crippen molar-refractivity contribution in [3.05, 3.63) is 41.6 Å². The number of carbonyl (C=O) groups excluding carboxylic acids is 1. The Labute approximate surface area is 135 Å². The van der Waals surface area contributed by atoms with Gasteiger partial charge in [-0.15, -0.1) is 0 Å². The lowest BCUT2D eigenvalue weighted by Crippen LogP contribution is -2.26. The van der Waals surface area contributed by atoms with Crippen LogP contribution < -0.4 is 0 Å². The molecule has 1 aromatic carbocycles. The molecule has 0 aliphatic heterocycles. The molecule has 0 saturated heterocycles. The molecular formula is C18H21NO4. The van der Waals surface area contributed by atoms with E-state index in [1.165, 1.54) is 6.08 Å². The van der Waals surface area contributed by atoms with Gasteiger partial charge < -0.3 is 14.4 Å². The van der Waals surface area contributed by atoms with Gasteiger partial charge in [0.2, 0.25) is 0 Å². The smallest absolute Gasteiger partial charge is 0.328 e. The summed E-state index contributed by atoms with van der Waals surface area (Å²) in [6.07, 6.45) is 2.55. The highest BCUT2D eigenvalue weighted by Crippen LogP contribution is 2.23. The highest BCUT2D eigenvalue weighted by atomic mass is 16.6. The predicted octanol–water partition coefficient (Wildman–Crippen LogP) is 3.39. The van der Waals surface area contributed by atoms with Crippen molar-refractivity contribution in [1.29, 1.82) is 0 Å². The molecule has 0 radical (unpaired) electrons. The van der Waals surface area contributed by atoms with Gasteiger partial charge in [-0.05, 0) is 52.0 Å². The Hall–Kier alpha value is -2.56. The molecule has 1 N–H and O–H groups in total. The van der Waals surface area contributed by atoms with Gasteiger partial charge in [0, 0.05) is 22.7 Å². The van der Waals surface area contributed by atoms with E-state index in [0.29, 0.717) is 5.69 Å². The Balaban J connectivity index is 2.44. The van der Waals surface area contributed by atoms with Crippen molar-refractivity contribution in [1.82, 2.24) is 4.57 Å². The van der Waals surface area contributed by atoms with E-state index >= 15 is 0 Å². The first-order valence-corrected chi connectivity index (χ1v) is 7.38. The first kappa shape index (κ1) is 16.8. The molecule has 1 heterocycles. The summed E-state index contributed by atoms with van der Waals surface area (Å²) in [5.41, 5.74) is 2.05. The molecule has 0 aliphatic rings. The standard InChI is InChI=1S/C18H21NO4/c1-12-5-7-15-13(9-12)10-14(6-8-16(20)21)19(15)11-17(22)23-18(2,3)4/h5-10H,11H2,1-4H3,(H,20,21)/b8-6+. The molecular weight excluding hydrogens is 294 g/mol. The summed E-state index contributed by atoms with van der Waals surface area (Å²) < 4.78 is 7.13. The summed E-state index contributed by atoms with van der Waals surface area (Å²) in [5, 5.41) is 9.79. The van der Waals surface area contributed by atoms with E-state index in [9.17, 15) is 9.59 Å². The first-order chi connectivity index (χ1) is 10.7. The minimum atomic E-state index is -1.03. The van der Waals surface area contributed by atoms with Crippen molar-refractivity contribution in [3.8, 4) is 0 Å². The van der Waals surface area contributed by atoms with Gasteiger partial charge >= 0.3 is 11.9 Å². The number of rotatable bonds is 4. The molecule has 0 atom stereocenters. The zero-order valence-electron chi connectivity index (χ0n) is 13.8. The fourth-order valence-electron chi connectivity index (χ4n) is 2.39. The average Bonchev–Trinajstić information content (AvgIpc) is 2.71. The number of esters is 1. The van der Waals surface area contributed by atoms with Crippen molar-refractivity contribution in [2.75, 3.05) is 0 Å². The van der Waals surface area contributed by atoms with E-state index in [0.717, 1.165) is 22.5 Å². The number of aromatic nitrogens is 1. The molecule has 0 saturated carbocycles. The van der Waals surface area contributed by atoms with Gasteiger partial charge in [0.05, 0.1) is 0 Å². The molecule has 0 bridgehead atoms. The lowest BCUT2D eigenvalue weighted by Gasteiger charge is -2.20. The summed E-state index contributed by atoms with van der Waals surface area (Å²) >= 11 is 0. The Morgan fingerprint density at radius 1 is 1.26 bits per heavy atom. The van der Waals surface area contributed by atoms with Crippen LogP contribution in [-0.4, -0.2) is 27.2 Å². The molecule has 0 fully saturated rings. The zero-order valence-corrected chi connectivity index (χ0v) is 13.8. The molecule has 0 spiro atoms. The largest absolute Gasteiger partial charge is 0.478 e. The number of carboxylic acids is 1. The van der Waals surface area contributed by atoms with E-state index < -0.39 is 11.6 Å². The molecule has 5 heteroatoms. The van der Waals surface area contributed by atoms with E-state index in [2.05, 4.69) is 0 Å². The monoisotopic (exact) mass is 315 g/mol. The third-order valence-corrected chi connectivity index (χ3v) is 3.19. The number of fused-ring (bicyclic) bond motifs is 1. The molecule has 0 amide bonds. The number of ether oxygens (including phenoxy) is 1. The van der Waals surface area contributed by atoms with Crippen LogP contribution in [0.5, 0.6) is 0 Å². The van der Waals surface area contributed by atoms with Crippen LogP contribution in [0.3, 0.4) is 0 Å². The van der Waals surface area contributed by atoms with Crippen molar-refractivity contribution in [2.45, 2.75) is 39.8 Å². The fraction of sp³-hybridized carbons (Fsp3) is 0.333. The van der Waals surface area contributed by atoms with Gasteiger partial charge in [-0.2, -0.15) is 0 Å². The first-order valence-electron chi connectivity index (χ1n) is 7.38. The SMILES string of the molecule is Cc1ccc2c(c1)cc(/C=C/C(=O)O)n2CC(=O)OC(C)(C)C. The zero-order chi connectivity index (χ0) is 17.2. The normalized spacial score (nSPS) is 12.0. The van der Waals surface area contributed by atoms with Crippen molar-refractivity contribution in [3.63, 3.8) is 0 Å². The number of carboxylic acid groups (broad SMARTS) is 1. The van der Waals surface area contributed by atoms with Crippen molar-refractivity contribution >= 4 is 28.9 Å². The number of aliphatic carboxylic acids is 1. The van der Waals surface area contributed by atoms with Crippen molar-refractivity contribution < 1.29 is 19.4 Å². The maximum atomic E-state index is 12.1. The van der Waals surface area contributed by atoms with Crippen LogP contribution in [0.1, 0.15) is 32.0 Å². The number of nitrogens with zero attached hydrogens (tertiary/aromatic N) is 1. The molecule has 0 unspecified atom stereocenters. The average molecular weight is 315 g/mol. The molecule has 23 heavy (non-hydrogen) atoms. The molecule has 2 aromatic rings. The van der Waals surface area contributed by atoms with Gasteiger partial charge in [0.25, 0.3) is 0 Å². The lowest BCUT2D eigenvalue weighted by molar-refractivity contribution is -0.155. The maximum Gasteiger partial charge on any atom is 0.328 e. The Morgan fingerprint density at radius 3 is 2.57 bits per heavy atom. The van der Waals surface area contributed by atoms with E-state index in [-0.39, 0.29) is 12.5 Å². The van der Waals surface area contributed by atoms with Crippen LogP contribution in [0, 0.1) is 6.92 Å². The third-order valence-electron chi connectivity index (χ3n) is 3.19. The third kappa shape index (κ3) is 4.45. The van der Waals surface area contributed by atoms with E-state index in [1.54, 1.807) is 4.57 Å².